The molecule has 3 heteroatoms. The number of likely N-dealkylation sites (tertiary alicyclic amines) is 1. The topological polar surface area (TPSA) is 32.3 Å². The summed E-state index contributed by atoms with van der Waals surface area (Å²) in [6.07, 6.45) is 5.90. The van der Waals surface area contributed by atoms with Crippen LogP contribution in [0.2, 0.25) is 0 Å². The first-order chi connectivity index (χ1) is 7.44. The van der Waals surface area contributed by atoms with Crippen molar-refractivity contribution >= 4 is 6.03 Å². The predicted octanol–water partition coefficient (Wildman–Crippen LogP) is 3.15. The van der Waals surface area contributed by atoms with Gasteiger partial charge in [-0.3, -0.25) is 0 Å². The lowest BCUT2D eigenvalue weighted by molar-refractivity contribution is 0.165. The maximum atomic E-state index is 12.2. The minimum atomic E-state index is -0.137. The highest BCUT2D eigenvalue weighted by Gasteiger charge is 2.26. The van der Waals surface area contributed by atoms with E-state index in [1.807, 2.05) is 25.7 Å². The third kappa shape index (κ3) is 4.03. The molecule has 1 atom stereocenters. The second-order valence-corrected chi connectivity index (χ2v) is 5.78. The van der Waals surface area contributed by atoms with Gasteiger partial charge in [0.05, 0.1) is 0 Å². The molecular formula is C13H26N2O. The van der Waals surface area contributed by atoms with Crippen LogP contribution in [0.15, 0.2) is 0 Å². The average molecular weight is 226 g/mol. The summed E-state index contributed by atoms with van der Waals surface area (Å²) < 4.78 is 0. The number of hydrogen-bond acceptors (Lipinski definition) is 1. The van der Waals surface area contributed by atoms with Crippen molar-refractivity contribution in [1.29, 1.82) is 0 Å². The summed E-state index contributed by atoms with van der Waals surface area (Å²) in [5, 5.41) is 3.07. The molecule has 1 aliphatic heterocycles. The molecule has 94 valence electrons. The number of amides is 2. The van der Waals surface area contributed by atoms with Crippen molar-refractivity contribution < 1.29 is 4.79 Å². The van der Waals surface area contributed by atoms with Crippen LogP contribution >= 0.6 is 0 Å². The molecule has 16 heavy (non-hydrogen) atoms. The molecule has 0 spiro atoms. The van der Waals surface area contributed by atoms with E-state index in [9.17, 15) is 4.79 Å². The van der Waals surface area contributed by atoms with Gasteiger partial charge in [0.15, 0.2) is 0 Å². The number of carbonyl (C=O) groups excluding carboxylic acids is 1. The monoisotopic (exact) mass is 226 g/mol. The first kappa shape index (κ1) is 13.3. The Morgan fingerprint density at radius 2 is 2.00 bits per heavy atom. The highest BCUT2D eigenvalue weighted by molar-refractivity contribution is 5.75. The lowest BCUT2D eigenvalue weighted by Gasteiger charge is -2.32. The molecule has 1 fully saturated rings. The Labute approximate surface area is 99.6 Å². The Balaban J connectivity index is 2.63. The van der Waals surface area contributed by atoms with Gasteiger partial charge in [0.1, 0.15) is 0 Å². The molecule has 0 aromatic carbocycles. The highest BCUT2D eigenvalue weighted by Crippen LogP contribution is 2.19. The van der Waals surface area contributed by atoms with Crippen LogP contribution in [0.4, 0.5) is 4.79 Å². The van der Waals surface area contributed by atoms with Crippen LogP contribution in [0, 0.1) is 0 Å². The van der Waals surface area contributed by atoms with Gasteiger partial charge in [0.25, 0.3) is 0 Å². The predicted molar refractivity (Wildman–Crippen MR) is 67.5 cm³/mol. The first-order valence-electron chi connectivity index (χ1n) is 6.53. The van der Waals surface area contributed by atoms with Gasteiger partial charge in [-0.15, -0.1) is 0 Å². The van der Waals surface area contributed by atoms with Gasteiger partial charge in [-0.05, 0) is 40.0 Å². The molecule has 0 aromatic rings. The molecule has 0 aromatic heterocycles. The van der Waals surface area contributed by atoms with Crippen molar-refractivity contribution in [3.63, 3.8) is 0 Å². The van der Waals surface area contributed by atoms with Gasteiger partial charge < -0.3 is 10.2 Å². The van der Waals surface area contributed by atoms with Gasteiger partial charge in [-0.2, -0.15) is 0 Å². The summed E-state index contributed by atoms with van der Waals surface area (Å²) in [4.78, 5) is 14.2. The molecule has 0 radical (unpaired) electrons. The molecule has 0 saturated carbocycles. The fraction of sp³-hybridized carbons (Fsp3) is 0.923. The Morgan fingerprint density at radius 1 is 1.31 bits per heavy atom. The van der Waals surface area contributed by atoms with Crippen LogP contribution < -0.4 is 5.32 Å². The van der Waals surface area contributed by atoms with E-state index in [0.717, 1.165) is 25.8 Å². The van der Waals surface area contributed by atoms with Gasteiger partial charge in [-0.25, -0.2) is 4.79 Å². The first-order valence-corrected chi connectivity index (χ1v) is 6.53. The Hall–Kier alpha value is -0.730. The second kappa shape index (κ2) is 5.55. The molecule has 1 aliphatic rings. The molecule has 1 N–H and O–H groups in total. The summed E-state index contributed by atoms with van der Waals surface area (Å²) in [5.74, 6) is 0. The zero-order chi connectivity index (χ0) is 12.2. The van der Waals surface area contributed by atoms with E-state index < -0.39 is 0 Å². The third-order valence-electron chi connectivity index (χ3n) is 3.09. The van der Waals surface area contributed by atoms with E-state index in [4.69, 9.17) is 0 Å². The van der Waals surface area contributed by atoms with E-state index in [-0.39, 0.29) is 11.6 Å². The summed E-state index contributed by atoms with van der Waals surface area (Å²) in [6, 6.07) is 0.547. The number of rotatable bonds is 1. The largest absolute Gasteiger partial charge is 0.333 e. The third-order valence-corrected chi connectivity index (χ3v) is 3.09. The van der Waals surface area contributed by atoms with Crippen molar-refractivity contribution in [2.45, 2.75) is 71.4 Å². The minimum absolute atomic E-state index is 0.112. The van der Waals surface area contributed by atoms with Crippen molar-refractivity contribution in [1.82, 2.24) is 10.2 Å². The average Bonchev–Trinajstić information content (AvgIpc) is 2.39. The molecule has 1 heterocycles. The van der Waals surface area contributed by atoms with Gasteiger partial charge in [0, 0.05) is 18.1 Å². The zero-order valence-electron chi connectivity index (χ0n) is 11.2. The Morgan fingerprint density at radius 3 is 2.56 bits per heavy atom. The maximum Gasteiger partial charge on any atom is 0.318 e. The number of nitrogens with zero attached hydrogens (tertiary/aromatic N) is 1. The number of nitrogens with one attached hydrogen (secondary N) is 1. The maximum absolute atomic E-state index is 12.2. The van der Waals surface area contributed by atoms with Crippen LogP contribution in [0.25, 0.3) is 0 Å². The summed E-state index contributed by atoms with van der Waals surface area (Å²) >= 11 is 0. The normalized spacial score (nSPS) is 22.8. The molecule has 1 unspecified atom stereocenters. The number of carbonyl (C=O) groups is 1. The van der Waals surface area contributed by atoms with Crippen LogP contribution in [-0.4, -0.2) is 29.1 Å². The van der Waals surface area contributed by atoms with E-state index in [0.29, 0.717) is 6.04 Å². The Kier molecular flexibility index (Phi) is 4.63. The molecule has 2 amide bonds. The molecule has 0 aliphatic carbocycles. The van der Waals surface area contributed by atoms with Crippen LogP contribution in [-0.2, 0) is 0 Å². The molecule has 1 rings (SSSR count). The summed E-state index contributed by atoms with van der Waals surface area (Å²) in [5.41, 5.74) is -0.137. The van der Waals surface area contributed by atoms with Crippen molar-refractivity contribution in [3.8, 4) is 0 Å². The van der Waals surface area contributed by atoms with Gasteiger partial charge >= 0.3 is 6.03 Å². The second-order valence-electron chi connectivity index (χ2n) is 5.78. The van der Waals surface area contributed by atoms with Crippen LogP contribution in [0.1, 0.15) is 59.8 Å². The van der Waals surface area contributed by atoms with Gasteiger partial charge in [0.2, 0.25) is 0 Å². The summed E-state index contributed by atoms with van der Waals surface area (Å²) in [6.45, 7) is 9.19. The summed E-state index contributed by atoms with van der Waals surface area (Å²) in [7, 11) is 0. The fourth-order valence-electron chi connectivity index (χ4n) is 2.26. The minimum Gasteiger partial charge on any atom is -0.333 e. The van der Waals surface area contributed by atoms with Gasteiger partial charge in [-0.1, -0.05) is 19.8 Å². The van der Waals surface area contributed by atoms with Crippen molar-refractivity contribution in [3.05, 3.63) is 0 Å². The Bertz CT molecular complexity index is 233. The van der Waals surface area contributed by atoms with E-state index in [1.165, 1.54) is 12.8 Å². The van der Waals surface area contributed by atoms with E-state index in [2.05, 4.69) is 12.2 Å². The van der Waals surface area contributed by atoms with Crippen LogP contribution in [0.3, 0.4) is 0 Å². The number of hydrogen-bond donors (Lipinski definition) is 1. The quantitative estimate of drug-likeness (QED) is 0.732. The molecule has 1 saturated heterocycles. The SMILES string of the molecule is CCC1CCCCCN1C(=O)NC(C)(C)C. The number of urea groups is 1. The highest BCUT2D eigenvalue weighted by atomic mass is 16.2. The van der Waals surface area contributed by atoms with E-state index in [1.54, 1.807) is 0 Å². The molecular weight excluding hydrogens is 200 g/mol. The van der Waals surface area contributed by atoms with Crippen LogP contribution in [0.5, 0.6) is 0 Å². The van der Waals surface area contributed by atoms with Crippen molar-refractivity contribution in [2.75, 3.05) is 6.54 Å². The zero-order valence-corrected chi connectivity index (χ0v) is 11.2. The lowest BCUT2D eigenvalue weighted by Crippen LogP contribution is -2.51. The molecule has 3 nitrogen and oxygen atoms in total. The molecule has 0 bridgehead atoms. The standard InChI is InChI=1S/C13H26N2O/c1-5-11-9-7-6-8-10-15(11)12(16)14-13(2,3)4/h11H,5-10H2,1-4H3,(H,14,16). The van der Waals surface area contributed by atoms with Crippen molar-refractivity contribution in [2.24, 2.45) is 0 Å². The van der Waals surface area contributed by atoms with E-state index >= 15 is 0 Å². The fourth-order valence-corrected chi connectivity index (χ4v) is 2.26. The smallest absolute Gasteiger partial charge is 0.318 e. The lowest BCUT2D eigenvalue weighted by atomic mass is 10.1.